The molecule has 0 aromatic carbocycles. The summed E-state index contributed by atoms with van der Waals surface area (Å²) in [6, 6.07) is 0. The molecule has 3 atom stereocenters. The number of aliphatic hydroxyl groups is 1. The molecule has 0 radical (unpaired) electrons. The summed E-state index contributed by atoms with van der Waals surface area (Å²) in [5.74, 6) is -1.50. The summed E-state index contributed by atoms with van der Waals surface area (Å²) in [6.45, 7) is 4.43. The highest BCUT2D eigenvalue weighted by Gasteiger charge is 2.28. The van der Waals surface area contributed by atoms with Crippen molar-refractivity contribution in [2.45, 2.75) is 238 Å². The summed E-state index contributed by atoms with van der Waals surface area (Å²) in [4.78, 5) is 48.2. The number of unbranched alkanes of at least 4 members (excludes halogenated alkanes) is 21. The fourth-order valence-electron chi connectivity index (χ4n) is 6.93. The van der Waals surface area contributed by atoms with Crippen LogP contribution in [0.2, 0.25) is 0 Å². The molecule has 0 aromatic rings. The number of hydrogen-bond donors (Lipinski definition) is 2. The van der Waals surface area contributed by atoms with E-state index in [1.54, 1.807) is 0 Å². The lowest BCUT2D eigenvalue weighted by Crippen LogP contribution is -2.30. The quantitative estimate of drug-likeness (QED) is 0.0197. The van der Waals surface area contributed by atoms with Gasteiger partial charge in [0, 0.05) is 19.3 Å². The molecule has 0 aliphatic rings. The molecule has 3 unspecified atom stereocenters. The van der Waals surface area contributed by atoms with E-state index < -0.39 is 57.8 Å². The first-order valence-corrected chi connectivity index (χ1v) is 27.7. The van der Waals surface area contributed by atoms with Crippen LogP contribution in [0.4, 0.5) is 0 Å². The van der Waals surface area contributed by atoms with E-state index >= 15 is 0 Å². The van der Waals surface area contributed by atoms with Crippen LogP contribution in [0.3, 0.4) is 0 Å². The molecule has 66 heavy (non-hydrogen) atoms. The summed E-state index contributed by atoms with van der Waals surface area (Å²) in [5.41, 5.74) is 0. The van der Waals surface area contributed by atoms with Crippen LogP contribution in [-0.4, -0.2) is 66.5 Å². The van der Waals surface area contributed by atoms with Gasteiger partial charge in [-0.1, -0.05) is 184 Å². The molecule has 0 aliphatic heterocycles. The first-order valence-electron chi connectivity index (χ1n) is 26.2. The second-order valence-corrected chi connectivity index (χ2v) is 18.8. The molecule has 0 aromatic heterocycles. The van der Waals surface area contributed by atoms with Gasteiger partial charge >= 0.3 is 25.7 Å². The molecule has 0 rings (SSSR count). The van der Waals surface area contributed by atoms with Crippen molar-refractivity contribution in [3.8, 4) is 0 Å². The normalized spacial score (nSPS) is 14.0. The van der Waals surface area contributed by atoms with Crippen LogP contribution < -0.4 is 0 Å². The summed E-state index contributed by atoms with van der Waals surface area (Å²) < 4.78 is 39.3. The van der Waals surface area contributed by atoms with Crippen molar-refractivity contribution in [2.24, 2.45) is 0 Å². The Morgan fingerprint density at radius 1 is 0.439 bits per heavy atom. The van der Waals surface area contributed by atoms with Crippen molar-refractivity contribution >= 4 is 25.7 Å². The topological polar surface area (TPSA) is 155 Å². The van der Waals surface area contributed by atoms with E-state index in [0.29, 0.717) is 19.3 Å². The van der Waals surface area contributed by atoms with Gasteiger partial charge in [-0.15, -0.1) is 0 Å². The molecule has 0 amide bonds. The van der Waals surface area contributed by atoms with Crippen LogP contribution in [0.25, 0.3) is 0 Å². The zero-order valence-electron chi connectivity index (χ0n) is 41.9. The SMILES string of the molecule is CC/C=C\C/C=C\C/C=C\CCCCCC(=O)OC(CO)COP(=O)(O)OCC(COC(=O)CCCCCCCCCCC)OC(=O)CCCCCCCCC/C=C\C/C=C\CCCCC. The number of hydrogen-bond acceptors (Lipinski definition) is 10. The Balaban J connectivity index is 4.72. The Hall–Kier alpha value is -2.82. The second kappa shape index (κ2) is 48.6. The third-order valence-corrected chi connectivity index (χ3v) is 11.9. The summed E-state index contributed by atoms with van der Waals surface area (Å²) in [5, 5.41) is 9.76. The first kappa shape index (κ1) is 63.2. The highest BCUT2D eigenvalue weighted by Crippen LogP contribution is 2.43. The molecule has 12 heteroatoms. The first-order chi connectivity index (χ1) is 32.2. The lowest BCUT2D eigenvalue weighted by atomic mass is 10.1. The Kier molecular flexibility index (Phi) is 46.6. The zero-order valence-corrected chi connectivity index (χ0v) is 42.8. The largest absolute Gasteiger partial charge is 0.472 e. The van der Waals surface area contributed by atoms with Crippen LogP contribution in [0.1, 0.15) is 226 Å². The van der Waals surface area contributed by atoms with Crippen LogP contribution in [-0.2, 0) is 42.2 Å². The predicted octanol–water partition coefficient (Wildman–Crippen LogP) is 14.8. The van der Waals surface area contributed by atoms with Crippen LogP contribution >= 0.6 is 7.82 Å². The number of allylic oxidation sites excluding steroid dienone is 10. The summed E-state index contributed by atoms with van der Waals surface area (Å²) in [7, 11) is -4.75. The number of esters is 3. The summed E-state index contributed by atoms with van der Waals surface area (Å²) >= 11 is 0. The average molecular weight is 951 g/mol. The van der Waals surface area contributed by atoms with Crippen molar-refractivity contribution in [1.29, 1.82) is 0 Å². The standard InChI is InChI=1S/C54H95O11P/c1-4-7-10-13-16-19-21-23-24-25-26-28-30-33-36-39-42-45-54(58)65-51(47-61-52(56)43-40-37-34-31-18-15-12-9-6-3)49-63-66(59,60)62-48-50(46-55)64-53(57)44-41-38-35-32-29-27-22-20-17-14-11-8-5-2/h8,11,16-17,19-20,23-24,27,29,50-51,55H,4-7,9-10,12-15,18,21-22,25-26,28,30-49H2,1-3H3,(H,59,60)/b11-8-,19-16-,20-17-,24-23-,29-27-. The Morgan fingerprint density at radius 3 is 1.26 bits per heavy atom. The smallest absolute Gasteiger partial charge is 0.462 e. The number of carbonyl (C=O) groups excluding carboxylic acids is 3. The minimum Gasteiger partial charge on any atom is -0.462 e. The molecule has 11 nitrogen and oxygen atoms in total. The maximum atomic E-state index is 12.8. The third-order valence-electron chi connectivity index (χ3n) is 10.9. The van der Waals surface area contributed by atoms with Crippen LogP contribution in [0, 0.1) is 0 Å². The molecule has 382 valence electrons. The molecule has 0 aliphatic carbocycles. The van der Waals surface area contributed by atoms with Gasteiger partial charge in [-0.25, -0.2) is 4.57 Å². The van der Waals surface area contributed by atoms with Gasteiger partial charge in [0.15, 0.2) is 6.10 Å². The van der Waals surface area contributed by atoms with Gasteiger partial charge in [-0.05, 0) is 83.5 Å². The van der Waals surface area contributed by atoms with E-state index in [4.69, 9.17) is 23.3 Å². The van der Waals surface area contributed by atoms with Crippen LogP contribution in [0.5, 0.6) is 0 Å². The zero-order chi connectivity index (χ0) is 48.4. The highest BCUT2D eigenvalue weighted by atomic mass is 31.2. The van der Waals surface area contributed by atoms with E-state index in [2.05, 4.69) is 81.5 Å². The highest BCUT2D eigenvalue weighted by molar-refractivity contribution is 7.47. The fourth-order valence-corrected chi connectivity index (χ4v) is 7.71. The lowest BCUT2D eigenvalue weighted by Gasteiger charge is -2.21. The summed E-state index contributed by atoms with van der Waals surface area (Å²) in [6.07, 6.45) is 50.5. The van der Waals surface area contributed by atoms with Crippen LogP contribution in [0.15, 0.2) is 60.8 Å². The molecule has 0 saturated heterocycles. The van der Waals surface area contributed by atoms with Gasteiger partial charge in [0.25, 0.3) is 0 Å². The van der Waals surface area contributed by atoms with Crippen molar-refractivity contribution in [2.75, 3.05) is 26.4 Å². The number of carbonyl (C=O) groups is 3. The monoisotopic (exact) mass is 951 g/mol. The maximum Gasteiger partial charge on any atom is 0.472 e. The van der Waals surface area contributed by atoms with Gasteiger partial charge < -0.3 is 24.2 Å². The number of aliphatic hydroxyl groups excluding tert-OH is 1. The number of rotatable bonds is 48. The number of phosphoric acid groups is 1. The number of ether oxygens (including phenoxy) is 3. The molecule has 2 N–H and O–H groups in total. The maximum absolute atomic E-state index is 12.8. The van der Waals surface area contributed by atoms with Crippen molar-refractivity contribution in [3.63, 3.8) is 0 Å². The minimum atomic E-state index is -4.75. The van der Waals surface area contributed by atoms with E-state index in [1.165, 1.54) is 70.6 Å². The molecular weight excluding hydrogens is 856 g/mol. The second-order valence-electron chi connectivity index (χ2n) is 17.3. The third kappa shape index (κ3) is 46.3. The molecule has 0 heterocycles. The molecule has 0 fully saturated rings. The Bertz CT molecular complexity index is 1340. The van der Waals surface area contributed by atoms with Gasteiger partial charge in [-0.2, -0.15) is 0 Å². The van der Waals surface area contributed by atoms with Crippen molar-refractivity contribution in [3.05, 3.63) is 60.8 Å². The lowest BCUT2D eigenvalue weighted by molar-refractivity contribution is -0.161. The fraction of sp³-hybridized carbons (Fsp3) is 0.759. The van der Waals surface area contributed by atoms with Gasteiger partial charge in [0.05, 0.1) is 19.8 Å². The number of phosphoric ester groups is 1. The van der Waals surface area contributed by atoms with E-state index in [0.717, 1.165) is 96.3 Å². The minimum absolute atomic E-state index is 0.141. The Morgan fingerprint density at radius 2 is 0.788 bits per heavy atom. The Labute approximate surface area is 402 Å². The van der Waals surface area contributed by atoms with E-state index in [-0.39, 0.29) is 25.9 Å². The molecule has 0 spiro atoms. The van der Waals surface area contributed by atoms with Gasteiger partial charge in [-0.3, -0.25) is 23.4 Å². The van der Waals surface area contributed by atoms with Gasteiger partial charge in [0.2, 0.25) is 0 Å². The average Bonchev–Trinajstić information content (AvgIpc) is 3.30. The predicted molar refractivity (Wildman–Crippen MR) is 270 cm³/mol. The molecule has 0 bridgehead atoms. The molecule has 0 saturated carbocycles. The van der Waals surface area contributed by atoms with Crippen molar-refractivity contribution < 1.29 is 52.2 Å². The van der Waals surface area contributed by atoms with E-state index in [9.17, 15) is 28.9 Å². The van der Waals surface area contributed by atoms with Crippen molar-refractivity contribution in [1.82, 2.24) is 0 Å². The van der Waals surface area contributed by atoms with E-state index in [1.807, 2.05) is 0 Å². The molecular formula is C54H95O11P. The van der Waals surface area contributed by atoms with Gasteiger partial charge in [0.1, 0.15) is 12.7 Å².